The van der Waals surface area contributed by atoms with E-state index in [1.807, 2.05) is 83.7 Å². The Balaban J connectivity index is -0.0000168. The molecule has 350 valence electrons. The molecule has 0 aliphatic carbocycles. The molecule has 0 saturated heterocycles. The summed E-state index contributed by atoms with van der Waals surface area (Å²) in [6.45, 7) is 8.18. The van der Waals surface area contributed by atoms with Crippen LogP contribution in [-0.4, -0.2) is 130 Å². The Labute approximate surface area is 379 Å². The van der Waals surface area contributed by atoms with Crippen molar-refractivity contribution in [2.75, 3.05) is 67.6 Å². The van der Waals surface area contributed by atoms with Crippen LogP contribution in [0.15, 0.2) is 72.9 Å². The van der Waals surface area contributed by atoms with E-state index < -0.39 is 24.4 Å². The van der Waals surface area contributed by atoms with E-state index in [1.54, 1.807) is 18.2 Å². The molecule has 0 aromatic heterocycles. The minimum absolute atomic E-state index is 0. The highest BCUT2D eigenvalue weighted by Crippen LogP contribution is 2.16. The van der Waals surface area contributed by atoms with E-state index in [1.165, 1.54) is 13.8 Å². The van der Waals surface area contributed by atoms with E-state index in [9.17, 15) is 29.1 Å². The molecule has 0 rings (SSSR count). The van der Waals surface area contributed by atoms with E-state index in [0.29, 0.717) is 43.3 Å². The molecule has 0 bridgehead atoms. The molecule has 0 spiro atoms. The van der Waals surface area contributed by atoms with Gasteiger partial charge < -0.3 is 63.2 Å². The highest BCUT2D eigenvalue weighted by Gasteiger charge is 2.28. The fraction of sp³-hybridized carbons (Fsp3) is 0.630. The minimum Gasteiger partial charge on any atom is -1.00 e. The maximum atomic E-state index is 12.8. The van der Waals surface area contributed by atoms with Crippen LogP contribution in [0.1, 0.15) is 105 Å². The van der Waals surface area contributed by atoms with Crippen LogP contribution in [0, 0.1) is 0 Å². The summed E-state index contributed by atoms with van der Waals surface area (Å²) in [6.07, 6.45) is 29.6. The SMILES string of the molecule is C/C=C/C=C/C=C/C=C/C=C/C(NC(=O)CCCCCCCC=CCC(O)C(CCCCC)OC(=O)C[N+](C)(C)CCOC(C)=O)OC(=O)C[N+](C)(C)CCOC(C)=O.[Cl-].[Cl-]. The van der Waals surface area contributed by atoms with Crippen molar-refractivity contribution in [3.05, 3.63) is 72.9 Å². The Morgan fingerprint density at radius 2 is 1.16 bits per heavy atom. The normalized spacial score (nSPS) is 13.7. The van der Waals surface area contributed by atoms with Crippen molar-refractivity contribution in [2.24, 2.45) is 0 Å². The molecule has 3 atom stereocenters. The third-order valence-corrected chi connectivity index (χ3v) is 9.06. The van der Waals surface area contributed by atoms with E-state index in [0.717, 1.165) is 51.4 Å². The molecule has 2 N–H and O–H groups in total. The summed E-state index contributed by atoms with van der Waals surface area (Å²) >= 11 is 0. The van der Waals surface area contributed by atoms with Crippen LogP contribution in [0.3, 0.4) is 0 Å². The number of unbranched alkanes of at least 4 members (excludes halogenated alkanes) is 7. The topological polar surface area (TPSA) is 155 Å². The minimum atomic E-state index is -0.938. The highest BCUT2D eigenvalue weighted by molar-refractivity contribution is 5.77. The predicted molar refractivity (Wildman–Crippen MR) is 232 cm³/mol. The largest absolute Gasteiger partial charge is 1.00 e. The molecule has 61 heavy (non-hydrogen) atoms. The molecule has 0 aromatic rings. The van der Waals surface area contributed by atoms with Crippen LogP contribution >= 0.6 is 0 Å². The first kappa shape index (κ1) is 61.5. The van der Waals surface area contributed by atoms with Gasteiger partial charge in [-0.3, -0.25) is 14.4 Å². The van der Waals surface area contributed by atoms with Crippen LogP contribution in [0.4, 0.5) is 0 Å². The number of nitrogens with one attached hydrogen (secondary N) is 1. The molecule has 0 radical (unpaired) electrons. The first-order chi connectivity index (χ1) is 28.0. The molecule has 3 unspecified atom stereocenters. The number of hydrogen-bond donors (Lipinski definition) is 2. The average molecular weight is 903 g/mol. The molecule has 15 heteroatoms. The van der Waals surface area contributed by atoms with Crippen LogP contribution in [-0.2, 0) is 42.9 Å². The van der Waals surface area contributed by atoms with Gasteiger partial charge in [0, 0.05) is 20.3 Å². The summed E-state index contributed by atoms with van der Waals surface area (Å²) in [6, 6.07) is 0. The Hall–Kier alpha value is -3.75. The molecular formula is C46H77Cl2N3O10. The molecule has 1 amide bonds. The number of aliphatic hydroxyl groups is 1. The number of carbonyl (C=O) groups excluding carboxylic acids is 5. The number of carbonyl (C=O) groups is 5. The number of allylic oxidation sites excluding steroid dienone is 10. The van der Waals surface area contributed by atoms with Crippen molar-refractivity contribution in [3.8, 4) is 0 Å². The number of aliphatic hydroxyl groups excluding tert-OH is 1. The van der Waals surface area contributed by atoms with Crippen molar-refractivity contribution in [2.45, 2.75) is 123 Å². The summed E-state index contributed by atoms with van der Waals surface area (Å²) in [5.41, 5.74) is 0. The van der Waals surface area contributed by atoms with Gasteiger partial charge in [0.25, 0.3) is 0 Å². The van der Waals surface area contributed by atoms with Gasteiger partial charge in [0.05, 0.1) is 34.3 Å². The first-order valence-electron chi connectivity index (χ1n) is 21.2. The highest BCUT2D eigenvalue weighted by atomic mass is 35.5. The summed E-state index contributed by atoms with van der Waals surface area (Å²) in [4.78, 5) is 60.7. The first-order valence-corrected chi connectivity index (χ1v) is 21.2. The second kappa shape index (κ2) is 38.0. The second-order valence-electron chi connectivity index (χ2n) is 16.0. The van der Waals surface area contributed by atoms with Crippen LogP contribution in [0.2, 0.25) is 0 Å². The Morgan fingerprint density at radius 1 is 0.656 bits per heavy atom. The van der Waals surface area contributed by atoms with Gasteiger partial charge in [0.1, 0.15) is 32.4 Å². The number of quaternary nitrogens is 2. The monoisotopic (exact) mass is 901 g/mol. The number of esters is 4. The Kier molecular flexibility index (Phi) is 38.3. The third-order valence-electron chi connectivity index (χ3n) is 9.06. The van der Waals surface area contributed by atoms with Gasteiger partial charge in [-0.2, -0.15) is 0 Å². The molecule has 0 aliphatic rings. The number of halogens is 2. The summed E-state index contributed by atoms with van der Waals surface area (Å²) in [5, 5.41) is 13.7. The van der Waals surface area contributed by atoms with Gasteiger partial charge in [0.2, 0.25) is 5.91 Å². The van der Waals surface area contributed by atoms with Crippen molar-refractivity contribution in [3.63, 3.8) is 0 Å². The molecule has 0 aromatic carbocycles. The van der Waals surface area contributed by atoms with Crippen molar-refractivity contribution in [1.82, 2.24) is 5.32 Å². The fourth-order valence-corrected chi connectivity index (χ4v) is 5.63. The number of rotatable bonds is 33. The second-order valence-corrected chi connectivity index (χ2v) is 16.0. The van der Waals surface area contributed by atoms with Gasteiger partial charge in [0.15, 0.2) is 19.3 Å². The van der Waals surface area contributed by atoms with E-state index in [4.69, 9.17) is 18.9 Å². The van der Waals surface area contributed by atoms with E-state index >= 15 is 0 Å². The van der Waals surface area contributed by atoms with Gasteiger partial charge >= 0.3 is 23.9 Å². The number of ether oxygens (including phenoxy) is 4. The molecular weight excluding hydrogens is 825 g/mol. The lowest BCUT2D eigenvalue weighted by Crippen LogP contribution is -3.00. The van der Waals surface area contributed by atoms with Crippen LogP contribution in [0.25, 0.3) is 0 Å². The van der Waals surface area contributed by atoms with Crippen molar-refractivity contribution in [1.29, 1.82) is 0 Å². The lowest BCUT2D eigenvalue weighted by atomic mass is 10.0. The average Bonchev–Trinajstić information content (AvgIpc) is 3.13. The molecule has 0 saturated carbocycles. The molecule has 0 fully saturated rings. The zero-order valence-corrected chi connectivity index (χ0v) is 39.7. The quantitative estimate of drug-likeness (QED) is 0.0182. The van der Waals surface area contributed by atoms with Gasteiger partial charge in [-0.1, -0.05) is 106 Å². The van der Waals surface area contributed by atoms with Gasteiger partial charge in [-0.25, -0.2) is 9.59 Å². The standard InChI is InChI=1S/C46H76N3O10.2ClH/c1-9-11-13-14-15-16-21-24-28-32-44(59-46(55)38-49(7,8)34-36-57-40(4)51)47-43(53)31-27-23-20-18-17-19-22-26-29-41(52)42(30-25-12-10-2)58-45(54)37-48(5,6)33-35-56-39(3)50;;/h9,11,13-16,21-22,24,26,28,32,41-42,44,52H,10,12,17-20,23,25,27,29-31,33-38H2,1-8H3;2*1H/q+1;;/p-1/b11-9+,14-13+,16-15+,24-21+,26-22?,32-28+;;. The Morgan fingerprint density at radius 3 is 1.70 bits per heavy atom. The fourth-order valence-electron chi connectivity index (χ4n) is 5.63. The molecule has 0 aliphatic heterocycles. The summed E-state index contributed by atoms with van der Waals surface area (Å²) in [5.74, 6) is -1.82. The molecule has 0 heterocycles. The number of amides is 1. The summed E-state index contributed by atoms with van der Waals surface area (Å²) in [7, 11) is 7.42. The Bertz CT molecular complexity index is 1410. The number of hydrogen-bond acceptors (Lipinski definition) is 10. The summed E-state index contributed by atoms with van der Waals surface area (Å²) < 4.78 is 22.0. The smallest absolute Gasteiger partial charge is 0.363 e. The predicted octanol–water partition coefficient (Wildman–Crippen LogP) is 0.590. The third kappa shape index (κ3) is 38.9. The number of nitrogens with zero attached hydrogens (tertiary/aromatic N) is 2. The van der Waals surface area contributed by atoms with Gasteiger partial charge in [-0.05, 0) is 51.5 Å². The lowest BCUT2D eigenvalue weighted by Gasteiger charge is -2.30. The van der Waals surface area contributed by atoms with Crippen molar-refractivity contribution >= 4 is 29.8 Å². The lowest BCUT2D eigenvalue weighted by molar-refractivity contribution is -0.883. The van der Waals surface area contributed by atoms with E-state index in [2.05, 4.69) is 18.3 Å². The van der Waals surface area contributed by atoms with Gasteiger partial charge in [-0.15, -0.1) is 0 Å². The van der Waals surface area contributed by atoms with Crippen molar-refractivity contribution < 1.29 is 81.8 Å². The molecule has 13 nitrogen and oxygen atoms in total. The van der Waals surface area contributed by atoms with Crippen LogP contribution < -0.4 is 30.1 Å². The number of likely N-dealkylation sites (N-methyl/N-ethyl adjacent to an activating group) is 2. The zero-order valence-electron chi connectivity index (χ0n) is 38.2. The van der Waals surface area contributed by atoms with Crippen LogP contribution in [0.5, 0.6) is 0 Å². The maximum Gasteiger partial charge on any atom is 0.363 e. The zero-order chi connectivity index (χ0) is 44.4. The maximum absolute atomic E-state index is 12.8. The van der Waals surface area contributed by atoms with E-state index in [-0.39, 0.29) is 79.4 Å².